The highest BCUT2D eigenvalue weighted by Crippen LogP contribution is 2.05. The number of primary amides is 1. The van der Waals surface area contributed by atoms with E-state index in [1.54, 1.807) is 0 Å². The Morgan fingerprint density at radius 3 is 2.36 bits per heavy atom. The quantitative estimate of drug-likeness (QED) is 0.563. The Morgan fingerprint density at radius 1 is 1.09 bits per heavy atom. The van der Waals surface area contributed by atoms with Crippen LogP contribution in [0.15, 0.2) is 18.3 Å². The van der Waals surface area contributed by atoms with Crippen LogP contribution in [-0.2, 0) is 4.79 Å². The van der Waals surface area contributed by atoms with Crippen LogP contribution in [0.1, 0.15) is 59.4 Å². The standard InChI is InChI=1S/C15H21N3O4/c16-14(21)11-7-8-12(18-10-11)15(22)17-9-5-3-1-2-4-6-13(19)20/h7-8,10H,1-6,9H2,(H2,16,21)(H,17,22)(H,19,20). The van der Waals surface area contributed by atoms with Gasteiger partial charge in [-0.3, -0.25) is 19.4 Å². The van der Waals surface area contributed by atoms with Crippen molar-refractivity contribution in [3.05, 3.63) is 29.6 Å². The number of carboxylic acids is 1. The number of aliphatic carboxylic acids is 1. The van der Waals surface area contributed by atoms with Crippen molar-refractivity contribution in [2.24, 2.45) is 5.73 Å². The molecule has 0 radical (unpaired) electrons. The second-order valence-corrected chi connectivity index (χ2v) is 4.96. The minimum Gasteiger partial charge on any atom is -0.481 e. The van der Waals surface area contributed by atoms with Gasteiger partial charge in [0.15, 0.2) is 0 Å². The lowest BCUT2D eigenvalue weighted by molar-refractivity contribution is -0.137. The summed E-state index contributed by atoms with van der Waals surface area (Å²) in [7, 11) is 0. The molecule has 2 amide bonds. The van der Waals surface area contributed by atoms with E-state index in [9.17, 15) is 14.4 Å². The molecule has 0 bridgehead atoms. The van der Waals surface area contributed by atoms with Gasteiger partial charge >= 0.3 is 5.97 Å². The fraction of sp³-hybridized carbons (Fsp3) is 0.467. The van der Waals surface area contributed by atoms with Crippen molar-refractivity contribution >= 4 is 17.8 Å². The Balaban J connectivity index is 2.15. The third-order valence-electron chi connectivity index (χ3n) is 3.13. The second kappa shape index (κ2) is 9.49. The Morgan fingerprint density at radius 2 is 1.77 bits per heavy atom. The first-order valence-corrected chi connectivity index (χ1v) is 7.26. The van der Waals surface area contributed by atoms with E-state index in [2.05, 4.69) is 10.3 Å². The molecule has 1 aromatic rings. The van der Waals surface area contributed by atoms with Gasteiger partial charge in [0.05, 0.1) is 5.56 Å². The van der Waals surface area contributed by atoms with Gasteiger partial charge in [0.25, 0.3) is 5.91 Å². The van der Waals surface area contributed by atoms with Crippen LogP contribution < -0.4 is 11.1 Å². The van der Waals surface area contributed by atoms with E-state index in [-0.39, 0.29) is 23.6 Å². The molecule has 0 spiro atoms. The van der Waals surface area contributed by atoms with Gasteiger partial charge in [-0.25, -0.2) is 0 Å². The maximum Gasteiger partial charge on any atom is 0.303 e. The van der Waals surface area contributed by atoms with Crippen molar-refractivity contribution in [2.75, 3.05) is 6.54 Å². The highest BCUT2D eigenvalue weighted by atomic mass is 16.4. The number of carboxylic acid groups (broad SMARTS) is 1. The molecule has 1 aromatic heterocycles. The van der Waals surface area contributed by atoms with E-state index >= 15 is 0 Å². The number of rotatable bonds is 10. The molecule has 0 aromatic carbocycles. The highest BCUT2D eigenvalue weighted by molar-refractivity contribution is 5.95. The molecule has 0 aliphatic heterocycles. The van der Waals surface area contributed by atoms with Crippen LogP contribution in [0.2, 0.25) is 0 Å². The van der Waals surface area contributed by atoms with Gasteiger partial charge in [0, 0.05) is 19.2 Å². The van der Waals surface area contributed by atoms with Crippen LogP contribution in [0.25, 0.3) is 0 Å². The van der Waals surface area contributed by atoms with Gasteiger partial charge in [-0.05, 0) is 25.0 Å². The van der Waals surface area contributed by atoms with E-state index in [0.29, 0.717) is 13.0 Å². The predicted octanol–water partition coefficient (Wildman–Crippen LogP) is 1.34. The summed E-state index contributed by atoms with van der Waals surface area (Å²) in [4.78, 5) is 36.9. The van der Waals surface area contributed by atoms with E-state index in [1.807, 2.05) is 0 Å². The average Bonchev–Trinajstić information content (AvgIpc) is 2.49. The largest absolute Gasteiger partial charge is 0.481 e. The van der Waals surface area contributed by atoms with Crippen molar-refractivity contribution < 1.29 is 19.5 Å². The summed E-state index contributed by atoms with van der Waals surface area (Å²) in [5.41, 5.74) is 5.60. The van der Waals surface area contributed by atoms with E-state index in [4.69, 9.17) is 10.8 Å². The van der Waals surface area contributed by atoms with Gasteiger partial charge < -0.3 is 16.2 Å². The minimum absolute atomic E-state index is 0.212. The molecular formula is C15H21N3O4. The second-order valence-electron chi connectivity index (χ2n) is 4.96. The van der Waals surface area contributed by atoms with Crippen molar-refractivity contribution in [3.8, 4) is 0 Å². The number of hydrogen-bond acceptors (Lipinski definition) is 4. The molecule has 0 saturated heterocycles. The van der Waals surface area contributed by atoms with Crippen molar-refractivity contribution in [1.29, 1.82) is 0 Å². The summed E-state index contributed by atoms with van der Waals surface area (Å²) in [5, 5.41) is 11.2. The summed E-state index contributed by atoms with van der Waals surface area (Å²) >= 11 is 0. The van der Waals surface area contributed by atoms with Crippen LogP contribution in [0.5, 0.6) is 0 Å². The lowest BCUT2D eigenvalue weighted by Crippen LogP contribution is -2.25. The van der Waals surface area contributed by atoms with Crippen molar-refractivity contribution in [1.82, 2.24) is 10.3 Å². The van der Waals surface area contributed by atoms with E-state index in [1.165, 1.54) is 18.3 Å². The number of hydrogen-bond donors (Lipinski definition) is 3. The van der Waals surface area contributed by atoms with Crippen LogP contribution in [0.4, 0.5) is 0 Å². The molecular weight excluding hydrogens is 286 g/mol. The maximum absolute atomic E-state index is 11.8. The van der Waals surface area contributed by atoms with Crippen LogP contribution in [-0.4, -0.2) is 34.4 Å². The molecule has 22 heavy (non-hydrogen) atoms. The molecule has 4 N–H and O–H groups in total. The van der Waals surface area contributed by atoms with Crippen molar-refractivity contribution in [3.63, 3.8) is 0 Å². The Hall–Kier alpha value is -2.44. The van der Waals surface area contributed by atoms with Crippen LogP contribution in [0, 0.1) is 0 Å². The van der Waals surface area contributed by atoms with Crippen LogP contribution >= 0.6 is 0 Å². The summed E-state index contributed by atoms with van der Waals surface area (Å²) in [5.74, 6) is -1.63. The number of aromatic nitrogens is 1. The van der Waals surface area contributed by atoms with Crippen LogP contribution in [0.3, 0.4) is 0 Å². The molecule has 0 saturated carbocycles. The SMILES string of the molecule is NC(=O)c1ccc(C(=O)NCCCCCCCC(=O)O)nc1. The third kappa shape index (κ3) is 6.83. The molecule has 0 aliphatic carbocycles. The zero-order chi connectivity index (χ0) is 16.4. The molecule has 7 nitrogen and oxygen atoms in total. The molecule has 7 heteroatoms. The Bertz CT molecular complexity index is 514. The maximum atomic E-state index is 11.8. The van der Waals surface area contributed by atoms with E-state index in [0.717, 1.165) is 25.7 Å². The fourth-order valence-electron chi connectivity index (χ4n) is 1.90. The normalized spacial score (nSPS) is 10.2. The van der Waals surface area contributed by atoms with Gasteiger partial charge in [0.2, 0.25) is 5.91 Å². The number of carbonyl (C=O) groups is 3. The smallest absolute Gasteiger partial charge is 0.303 e. The van der Waals surface area contributed by atoms with Gasteiger partial charge in [-0.1, -0.05) is 19.3 Å². The Kier molecular flexibility index (Phi) is 7.60. The average molecular weight is 307 g/mol. The monoisotopic (exact) mass is 307 g/mol. The van der Waals surface area contributed by atoms with Gasteiger partial charge in [-0.2, -0.15) is 0 Å². The van der Waals surface area contributed by atoms with Gasteiger partial charge in [-0.15, -0.1) is 0 Å². The number of pyridine rings is 1. The minimum atomic E-state index is -0.762. The molecule has 0 atom stereocenters. The van der Waals surface area contributed by atoms with E-state index < -0.39 is 11.9 Å². The summed E-state index contributed by atoms with van der Waals surface area (Å²) in [6, 6.07) is 2.92. The number of carbonyl (C=O) groups excluding carboxylic acids is 2. The number of unbranched alkanes of at least 4 members (excludes halogenated alkanes) is 4. The number of nitrogens with zero attached hydrogens (tertiary/aromatic N) is 1. The summed E-state index contributed by atoms with van der Waals surface area (Å²) < 4.78 is 0. The fourth-order valence-corrected chi connectivity index (χ4v) is 1.90. The highest BCUT2D eigenvalue weighted by Gasteiger charge is 2.07. The lowest BCUT2D eigenvalue weighted by atomic mass is 10.1. The van der Waals surface area contributed by atoms with Crippen molar-refractivity contribution in [2.45, 2.75) is 38.5 Å². The Labute approximate surface area is 128 Å². The number of nitrogens with one attached hydrogen (secondary N) is 1. The summed E-state index contributed by atoms with van der Waals surface area (Å²) in [6.07, 6.45) is 5.79. The molecule has 1 heterocycles. The number of amides is 2. The molecule has 0 aliphatic rings. The summed E-state index contributed by atoms with van der Waals surface area (Å²) in [6.45, 7) is 0.539. The first kappa shape index (κ1) is 17.6. The number of nitrogens with two attached hydrogens (primary N) is 1. The molecule has 1 rings (SSSR count). The third-order valence-corrected chi connectivity index (χ3v) is 3.13. The van der Waals surface area contributed by atoms with Gasteiger partial charge in [0.1, 0.15) is 5.69 Å². The lowest BCUT2D eigenvalue weighted by Gasteiger charge is -2.05. The predicted molar refractivity (Wildman–Crippen MR) is 80.4 cm³/mol. The first-order chi connectivity index (χ1) is 10.5. The zero-order valence-electron chi connectivity index (χ0n) is 12.4. The molecule has 0 unspecified atom stereocenters. The zero-order valence-corrected chi connectivity index (χ0v) is 12.4. The topological polar surface area (TPSA) is 122 Å². The first-order valence-electron chi connectivity index (χ1n) is 7.26. The molecule has 0 fully saturated rings. The molecule has 120 valence electrons.